The average molecular weight is 270 g/mol. The van der Waals surface area contributed by atoms with Crippen LogP contribution in [0.25, 0.3) is 0 Å². The molecule has 0 unspecified atom stereocenters. The Morgan fingerprint density at radius 1 is 1.32 bits per heavy atom. The number of nitrogens with two attached hydrogens (primary N) is 1. The number of rotatable bonds is 7. The van der Waals surface area contributed by atoms with E-state index in [2.05, 4.69) is 0 Å². The van der Waals surface area contributed by atoms with Crippen molar-refractivity contribution in [3.8, 4) is 0 Å². The zero-order valence-electron chi connectivity index (χ0n) is 12.0. The minimum Gasteiger partial charge on any atom is -0.481 e. The maximum atomic E-state index is 12.7. The van der Waals surface area contributed by atoms with E-state index in [1.165, 1.54) is 0 Å². The molecule has 0 aromatic rings. The van der Waals surface area contributed by atoms with Gasteiger partial charge in [0.05, 0.1) is 5.41 Å². The van der Waals surface area contributed by atoms with Gasteiger partial charge in [-0.05, 0) is 33.1 Å². The van der Waals surface area contributed by atoms with E-state index in [0.29, 0.717) is 19.5 Å². The van der Waals surface area contributed by atoms with Crippen LogP contribution in [-0.4, -0.2) is 41.0 Å². The summed E-state index contributed by atoms with van der Waals surface area (Å²) in [5.74, 6) is -0.696. The molecular formula is C14H26N2O3. The molecular weight excluding hydrogens is 244 g/mol. The molecule has 0 aromatic carbocycles. The van der Waals surface area contributed by atoms with Crippen LogP contribution in [0.1, 0.15) is 52.4 Å². The Kier molecular flexibility index (Phi) is 5.79. The standard InChI is InChI=1S/C14H26N2O3/c1-11(2)16(9-5-6-12(17)18)13(19)14(10-15)7-3-4-8-14/h11H,3-10,15H2,1-2H3,(H,17,18). The van der Waals surface area contributed by atoms with Crippen LogP contribution < -0.4 is 5.73 Å². The maximum absolute atomic E-state index is 12.7. The lowest BCUT2D eigenvalue weighted by Gasteiger charge is -2.36. The molecule has 1 aliphatic carbocycles. The molecule has 1 rings (SSSR count). The van der Waals surface area contributed by atoms with Crippen molar-refractivity contribution < 1.29 is 14.7 Å². The van der Waals surface area contributed by atoms with E-state index in [9.17, 15) is 9.59 Å². The predicted molar refractivity (Wildman–Crippen MR) is 73.7 cm³/mol. The molecule has 0 radical (unpaired) electrons. The fourth-order valence-corrected chi connectivity index (χ4v) is 2.86. The van der Waals surface area contributed by atoms with Gasteiger partial charge in [0.15, 0.2) is 0 Å². The molecule has 0 heterocycles. The van der Waals surface area contributed by atoms with Gasteiger partial charge >= 0.3 is 5.97 Å². The summed E-state index contributed by atoms with van der Waals surface area (Å²) in [5.41, 5.74) is 5.45. The Bertz CT molecular complexity index is 323. The molecule has 0 bridgehead atoms. The molecule has 1 saturated carbocycles. The third-order valence-corrected chi connectivity index (χ3v) is 4.08. The first-order valence-electron chi connectivity index (χ1n) is 7.16. The molecule has 1 fully saturated rings. The van der Waals surface area contributed by atoms with Crippen molar-refractivity contribution in [3.63, 3.8) is 0 Å². The van der Waals surface area contributed by atoms with Gasteiger partial charge in [0.1, 0.15) is 0 Å². The van der Waals surface area contributed by atoms with Crippen LogP contribution in [0.2, 0.25) is 0 Å². The normalized spacial score (nSPS) is 17.7. The largest absolute Gasteiger partial charge is 0.481 e. The topological polar surface area (TPSA) is 83.6 Å². The highest BCUT2D eigenvalue weighted by Crippen LogP contribution is 2.39. The van der Waals surface area contributed by atoms with Crippen LogP contribution >= 0.6 is 0 Å². The summed E-state index contributed by atoms with van der Waals surface area (Å²) in [7, 11) is 0. The van der Waals surface area contributed by atoms with E-state index >= 15 is 0 Å². The van der Waals surface area contributed by atoms with E-state index in [-0.39, 0.29) is 18.4 Å². The van der Waals surface area contributed by atoms with Gasteiger partial charge in [0, 0.05) is 25.6 Å². The van der Waals surface area contributed by atoms with Gasteiger partial charge in [-0.1, -0.05) is 12.8 Å². The third kappa shape index (κ3) is 3.93. The number of carbonyl (C=O) groups is 2. The highest BCUT2D eigenvalue weighted by molar-refractivity contribution is 5.83. The van der Waals surface area contributed by atoms with Crippen LogP contribution in [0, 0.1) is 5.41 Å². The Balaban J connectivity index is 2.69. The van der Waals surface area contributed by atoms with Gasteiger partial charge in [-0.25, -0.2) is 0 Å². The second-order valence-electron chi connectivity index (χ2n) is 5.78. The van der Waals surface area contributed by atoms with Crippen LogP contribution in [0.5, 0.6) is 0 Å². The number of carboxylic acids is 1. The molecule has 1 amide bonds. The first-order valence-corrected chi connectivity index (χ1v) is 7.16. The SMILES string of the molecule is CC(C)N(CCCC(=O)O)C(=O)C1(CN)CCCC1. The van der Waals surface area contributed by atoms with Gasteiger partial charge in [-0.2, -0.15) is 0 Å². The molecule has 5 heteroatoms. The molecule has 0 aromatic heterocycles. The highest BCUT2D eigenvalue weighted by atomic mass is 16.4. The van der Waals surface area contributed by atoms with Crippen LogP contribution in [0.4, 0.5) is 0 Å². The van der Waals surface area contributed by atoms with Crippen molar-refractivity contribution in [2.45, 2.75) is 58.4 Å². The van der Waals surface area contributed by atoms with Crippen molar-refractivity contribution in [1.82, 2.24) is 4.90 Å². The summed E-state index contributed by atoms with van der Waals surface area (Å²) in [5, 5.41) is 8.69. The molecule has 19 heavy (non-hydrogen) atoms. The first kappa shape index (κ1) is 16.0. The van der Waals surface area contributed by atoms with E-state index in [1.54, 1.807) is 4.90 Å². The molecule has 0 aliphatic heterocycles. The Morgan fingerprint density at radius 2 is 1.89 bits per heavy atom. The van der Waals surface area contributed by atoms with E-state index < -0.39 is 11.4 Å². The molecule has 110 valence electrons. The third-order valence-electron chi connectivity index (χ3n) is 4.08. The van der Waals surface area contributed by atoms with E-state index in [0.717, 1.165) is 25.7 Å². The quantitative estimate of drug-likeness (QED) is 0.736. The number of hydrogen-bond acceptors (Lipinski definition) is 3. The molecule has 0 spiro atoms. The monoisotopic (exact) mass is 270 g/mol. The summed E-state index contributed by atoms with van der Waals surface area (Å²) in [6.07, 6.45) is 4.45. The zero-order chi connectivity index (χ0) is 14.5. The fourth-order valence-electron chi connectivity index (χ4n) is 2.86. The second kappa shape index (κ2) is 6.89. The fraction of sp³-hybridized carbons (Fsp3) is 0.857. The van der Waals surface area contributed by atoms with Crippen molar-refractivity contribution in [2.75, 3.05) is 13.1 Å². The lowest BCUT2D eigenvalue weighted by atomic mass is 9.84. The summed E-state index contributed by atoms with van der Waals surface area (Å²) in [6.45, 7) is 4.84. The minimum absolute atomic E-state index is 0.0883. The van der Waals surface area contributed by atoms with Gasteiger partial charge in [-0.3, -0.25) is 9.59 Å². The second-order valence-corrected chi connectivity index (χ2v) is 5.78. The molecule has 0 saturated heterocycles. The lowest BCUT2D eigenvalue weighted by molar-refractivity contribution is -0.144. The van der Waals surface area contributed by atoms with Crippen molar-refractivity contribution in [1.29, 1.82) is 0 Å². The van der Waals surface area contributed by atoms with Crippen molar-refractivity contribution in [2.24, 2.45) is 11.1 Å². The number of hydrogen-bond donors (Lipinski definition) is 2. The van der Waals surface area contributed by atoms with Gasteiger partial charge in [0.25, 0.3) is 0 Å². The molecule has 3 N–H and O–H groups in total. The molecule has 1 aliphatic rings. The number of carboxylic acid groups (broad SMARTS) is 1. The number of nitrogens with zero attached hydrogens (tertiary/aromatic N) is 1. The Morgan fingerprint density at radius 3 is 2.32 bits per heavy atom. The maximum Gasteiger partial charge on any atom is 0.303 e. The molecule has 5 nitrogen and oxygen atoms in total. The molecule has 0 atom stereocenters. The van der Waals surface area contributed by atoms with Gasteiger partial charge < -0.3 is 15.7 Å². The Hall–Kier alpha value is -1.10. The summed E-state index contributed by atoms with van der Waals surface area (Å²) < 4.78 is 0. The van der Waals surface area contributed by atoms with Crippen LogP contribution in [0.3, 0.4) is 0 Å². The number of amides is 1. The number of aliphatic carboxylic acids is 1. The smallest absolute Gasteiger partial charge is 0.303 e. The summed E-state index contributed by atoms with van der Waals surface area (Å²) >= 11 is 0. The van der Waals surface area contributed by atoms with Crippen LogP contribution in [-0.2, 0) is 9.59 Å². The predicted octanol–water partition coefficient (Wildman–Crippen LogP) is 1.61. The minimum atomic E-state index is -0.814. The van der Waals surface area contributed by atoms with E-state index in [4.69, 9.17) is 10.8 Å². The van der Waals surface area contributed by atoms with Crippen LogP contribution in [0.15, 0.2) is 0 Å². The van der Waals surface area contributed by atoms with E-state index in [1.807, 2.05) is 13.8 Å². The summed E-state index contributed by atoms with van der Waals surface area (Å²) in [6, 6.07) is 0.0883. The average Bonchev–Trinajstić information content (AvgIpc) is 2.83. The Labute approximate surface area is 115 Å². The lowest BCUT2D eigenvalue weighted by Crippen LogP contribution is -2.49. The summed E-state index contributed by atoms with van der Waals surface area (Å²) in [4.78, 5) is 25.1. The highest BCUT2D eigenvalue weighted by Gasteiger charge is 2.42. The van der Waals surface area contributed by atoms with Gasteiger partial charge in [-0.15, -0.1) is 0 Å². The van der Waals surface area contributed by atoms with Crippen molar-refractivity contribution in [3.05, 3.63) is 0 Å². The first-order chi connectivity index (χ1) is 8.93. The van der Waals surface area contributed by atoms with Gasteiger partial charge in [0.2, 0.25) is 5.91 Å². The number of carbonyl (C=O) groups excluding carboxylic acids is 1. The van der Waals surface area contributed by atoms with Crippen molar-refractivity contribution >= 4 is 11.9 Å². The zero-order valence-corrected chi connectivity index (χ0v) is 12.0.